The molecule has 1 unspecified atom stereocenters. The lowest BCUT2D eigenvalue weighted by atomic mass is 9.91. The Balaban J connectivity index is 2.49. The summed E-state index contributed by atoms with van der Waals surface area (Å²) in [5.74, 6) is -1.40. The van der Waals surface area contributed by atoms with Gasteiger partial charge in [-0.1, -0.05) is 53.0 Å². The summed E-state index contributed by atoms with van der Waals surface area (Å²) in [6, 6.07) is 11.8. The van der Waals surface area contributed by atoms with E-state index >= 15 is 0 Å². The normalized spacial score (nSPS) is 11.8. The smallest absolute Gasteiger partial charge is 0.186 e. The molecule has 0 saturated carbocycles. The molecule has 0 radical (unpaired) electrons. The van der Waals surface area contributed by atoms with Gasteiger partial charge in [0.05, 0.1) is 11.1 Å². The monoisotopic (exact) mass is 337 g/mol. The highest BCUT2D eigenvalue weighted by Gasteiger charge is 2.26. The molecule has 2 nitrogen and oxygen atoms in total. The Morgan fingerprint density at radius 2 is 1.90 bits per heavy atom. The van der Waals surface area contributed by atoms with Crippen LogP contribution in [0, 0.1) is 18.3 Å². The molecule has 0 amide bonds. The van der Waals surface area contributed by atoms with Gasteiger partial charge in [0.15, 0.2) is 5.78 Å². The molecule has 106 valence electrons. The molecule has 2 rings (SSSR count). The number of benzene rings is 2. The number of Topliss-reactive ketones (excluding diaryl/α,β-unsaturated/α-hetero) is 1. The van der Waals surface area contributed by atoms with Crippen LogP contribution in [0.25, 0.3) is 0 Å². The first-order valence-corrected chi connectivity index (χ1v) is 7.23. The van der Waals surface area contributed by atoms with Crippen molar-refractivity contribution in [3.05, 3.63) is 68.2 Å². The Bertz CT molecular complexity index is 750. The number of rotatable bonds is 3. The minimum Gasteiger partial charge on any atom is -0.292 e. The second kappa shape index (κ2) is 6.49. The van der Waals surface area contributed by atoms with E-state index < -0.39 is 5.92 Å². The summed E-state index contributed by atoms with van der Waals surface area (Å²) >= 11 is 18.1. The molecule has 0 saturated heterocycles. The fourth-order valence-corrected chi connectivity index (χ4v) is 2.73. The number of hydrogen-bond acceptors (Lipinski definition) is 2. The molecule has 1 atom stereocenters. The largest absolute Gasteiger partial charge is 0.292 e. The van der Waals surface area contributed by atoms with E-state index in [1.165, 1.54) is 6.07 Å². The van der Waals surface area contributed by atoms with Crippen molar-refractivity contribution in [3.63, 3.8) is 0 Å². The van der Waals surface area contributed by atoms with Gasteiger partial charge in [0, 0.05) is 15.6 Å². The van der Waals surface area contributed by atoms with Crippen LogP contribution in [0.3, 0.4) is 0 Å². The Morgan fingerprint density at radius 1 is 1.19 bits per heavy atom. The summed E-state index contributed by atoms with van der Waals surface area (Å²) in [7, 11) is 0. The lowest BCUT2D eigenvalue weighted by molar-refractivity contribution is 0.0979. The molecular weight excluding hydrogens is 329 g/mol. The third-order valence-corrected chi connectivity index (χ3v) is 4.19. The van der Waals surface area contributed by atoms with E-state index in [2.05, 4.69) is 0 Å². The molecule has 0 N–H and O–H groups in total. The zero-order chi connectivity index (χ0) is 15.6. The van der Waals surface area contributed by atoms with Crippen molar-refractivity contribution in [2.45, 2.75) is 12.8 Å². The first-order chi connectivity index (χ1) is 9.95. The first kappa shape index (κ1) is 15.9. The maximum Gasteiger partial charge on any atom is 0.186 e. The topological polar surface area (TPSA) is 40.9 Å². The Morgan fingerprint density at radius 3 is 2.52 bits per heavy atom. The van der Waals surface area contributed by atoms with Crippen LogP contribution in [0.5, 0.6) is 0 Å². The van der Waals surface area contributed by atoms with Crippen LogP contribution in [0.1, 0.15) is 27.4 Å². The molecule has 2 aromatic rings. The minimum absolute atomic E-state index is 0.283. The maximum absolute atomic E-state index is 12.6. The molecular formula is C16H10Cl3NO. The number of halogens is 3. The van der Waals surface area contributed by atoms with Crippen molar-refractivity contribution in [1.82, 2.24) is 0 Å². The van der Waals surface area contributed by atoms with E-state index in [1.54, 1.807) is 37.3 Å². The minimum atomic E-state index is -1.02. The van der Waals surface area contributed by atoms with Crippen LogP contribution in [0.15, 0.2) is 36.4 Å². The second-order valence-corrected chi connectivity index (χ2v) is 5.75. The fraction of sp³-hybridized carbons (Fsp3) is 0.125. The van der Waals surface area contributed by atoms with E-state index in [-0.39, 0.29) is 10.8 Å². The van der Waals surface area contributed by atoms with Crippen LogP contribution in [0.4, 0.5) is 0 Å². The van der Waals surface area contributed by atoms with Crippen LogP contribution in [0.2, 0.25) is 15.1 Å². The molecule has 0 bridgehead atoms. The molecule has 21 heavy (non-hydrogen) atoms. The van der Waals surface area contributed by atoms with Crippen molar-refractivity contribution in [2.24, 2.45) is 0 Å². The van der Waals surface area contributed by atoms with Gasteiger partial charge in [-0.3, -0.25) is 4.79 Å². The quantitative estimate of drug-likeness (QED) is 0.699. The Labute approximate surface area is 137 Å². The summed E-state index contributed by atoms with van der Waals surface area (Å²) in [4.78, 5) is 12.6. The number of carbonyl (C=O) groups excluding carboxylic acids is 1. The summed E-state index contributed by atoms with van der Waals surface area (Å²) in [5.41, 5.74) is 1.52. The van der Waals surface area contributed by atoms with E-state index in [0.29, 0.717) is 21.2 Å². The number of carbonyl (C=O) groups is 1. The first-order valence-electron chi connectivity index (χ1n) is 6.09. The van der Waals surface area contributed by atoms with Gasteiger partial charge in [0.25, 0.3) is 0 Å². The predicted octanol–water partition coefficient (Wildman–Crippen LogP) is 5.45. The summed E-state index contributed by atoms with van der Waals surface area (Å²) in [6.45, 7) is 1.80. The molecule has 0 fully saturated rings. The summed E-state index contributed by atoms with van der Waals surface area (Å²) < 4.78 is 0. The second-order valence-electron chi connectivity index (χ2n) is 4.53. The van der Waals surface area contributed by atoms with Crippen molar-refractivity contribution < 1.29 is 4.79 Å². The summed E-state index contributed by atoms with van der Waals surface area (Å²) in [6.07, 6.45) is 0. The molecule has 0 aromatic heterocycles. The molecule has 2 aromatic carbocycles. The van der Waals surface area contributed by atoms with Gasteiger partial charge in [-0.05, 0) is 36.2 Å². The lowest BCUT2D eigenvalue weighted by Crippen LogP contribution is -2.12. The molecule has 0 spiro atoms. The van der Waals surface area contributed by atoms with Crippen LogP contribution < -0.4 is 0 Å². The Hall–Kier alpha value is -1.53. The average Bonchev–Trinajstić information content (AvgIpc) is 2.44. The molecule has 0 aliphatic carbocycles. The van der Waals surface area contributed by atoms with Crippen molar-refractivity contribution in [1.29, 1.82) is 5.26 Å². The Kier molecular flexibility index (Phi) is 4.90. The maximum atomic E-state index is 12.6. The van der Waals surface area contributed by atoms with E-state index in [1.807, 2.05) is 6.07 Å². The zero-order valence-electron chi connectivity index (χ0n) is 11.0. The van der Waals surface area contributed by atoms with Gasteiger partial charge < -0.3 is 0 Å². The van der Waals surface area contributed by atoms with Gasteiger partial charge in [-0.15, -0.1) is 0 Å². The van der Waals surface area contributed by atoms with Crippen LogP contribution in [-0.4, -0.2) is 5.78 Å². The van der Waals surface area contributed by atoms with E-state index in [4.69, 9.17) is 34.8 Å². The number of aryl methyl sites for hydroxylation is 1. The third-order valence-electron chi connectivity index (χ3n) is 3.12. The van der Waals surface area contributed by atoms with Gasteiger partial charge in [0.2, 0.25) is 0 Å². The fourth-order valence-electron chi connectivity index (χ4n) is 2.00. The van der Waals surface area contributed by atoms with Crippen molar-refractivity contribution in [2.75, 3.05) is 0 Å². The lowest BCUT2D eigenvalue weighted by Gasteiger charge is -2.12. The number of nitrogens with zero attached hydrogens (tertiary/aromatic N) is 1. The van der Waals surface area contributed by atoms with Crippen molar-refractivity contribution >= 4 is 40.6 Å². The zero-order valence-corrected chi connectivity index (χ0v) is 13.3. The SMILES string of the molecule is Cc1cccc(C(=O)C(C#N)c2ccc(Cl)cc2Cl)c1Cl. The van der Waals surface area contributed by atoms with Crippen LogP contribution >= 0.6 is 34.8 Å². The van der Waals surface area contributed by atoms with Gasteiger partial charge in [-0.25, -0.2) is 0 Å². The van der Waals surface area contributed by atoms with Gasteiger partial charge in [-0.2, -0.15) is 5.26 Å². The standard InChI is InChI=1S/C16H10Cl3NO/c1-9-3-2-4-12(15(9)19)16(21)13(8-20)11-6-5-10(17)7-14(11)18/h2-7,13H,1H3. The molecule has 0 heterocycles. The highest BCUT2D eigenvalue weighted by atomic mass is 35.5. The number of ketones is 1. The average molecular weight is 339 g/mol. The van der Waals surface area contributed by atoms with Crippen molar-refractivity contribution in [3.8, 4) is 6.07 Å². The third kappa shape index (κ3) is 3.22. The van der Waals surface area contributed by atoms with E-state index in [9.17, 15) is 10.1 Å². The highest BCUT2D eigenvalue weighted by Crippen LogP contribution is 2.32. The molecule has 5 heteroatoms. The molecule has 0 aliphatic heterocycles. The van der Waals surface area contributed by atoms with E-state index in [0.717, 1.165) is 5.56 Å². The predicted molar refractivity (Wildman–Crippen MR) is 85.3 cm³/mol. The number of nitriles is 1. The van der Waals surface area contributed by atoms with Gasteiger partial charge in [0.1, 0.15) is 5.92 Å². The highest BCUT2D eigenvalue weighted by molar-refractivity contribution is 6.36. The van der Waals surface area contributed by atoms with Crippen LogP contribution in [-0.2, 0) is 0 Å². The number of hydrogen-bond donors (Lipinski definition) is 0. The molecule has 0 aliphatic rings. The summed E-state index contributed by atoms with van der Waals surface area (Å²) in [5, 5.41) is 10.4. The van der Waals surface area contributed by atoms with Gasteiger partial charge >= 0.3 is 0 Å².